The second-order valence-corrected chi connectivity index (χ2v) is 7.03. The van der Waals surface area contributed by atoms with Crippen LogP contribution in [-0.2, 0) is 17.7 Å². The minimum absolute atomic E-state index is 0.335. The molecule has 0 fully saturated rings. The van der Waals surface area contributed by atoms with Crippen molar-refractivity contribution in [1.29, 1.82) is 0 Å². The summed E-state index contributed by atoms with van der Waals surface area (Å²) >= 11 is 0. The van der Waals surface area contributed by atoms with Gasteiger partial charge in [0.25, 0.3) is 5.91 Å². The fourth-order valence-electron chi connectivity index (χ4n) is 3.63. The van der Waals surface area contributed by atoms with E-state index >= 15 is 0 Å². The van der Waals surface area contributed by atoms with Crippen LogP contribution in [-0.4, -0.2) is 30.1 Å². The van der Waals surface area contributed by atoms with Crippen LogP contribution >= 0.6 is 0 Å². The third-order valence-corrected chi connectivity index (χ3v) is 4.88. The van der Waals surface area contributed by atoms with Crippen molar-refractivity contribution in [3.8, 4) is 16.9 Å². The molecule has 2 rings (SSSR count). The Morgan fingerprint density at radius 1 is 1.20 bits per heavy atom. The Hall–Kier alpha value is -2.48. The molecule has 0 aliphatic heterocycles. The fraction of sp³-hybridized carbons (Fsp3) is 0.500. The number of hydrogen-bond donors (Lipinski definition) is 1. The second-order valence-electron chi connectivity index (χ2n) is 7.03. The molecule has 30 heavy (non-hydrogen) atoms. The highest BCUT2D eigenvalue weighted by molar-refractivity contribution is 6.02. The first-order valence-electron chi connectivity index (χ1n) is 10.1. The van der Waals surface area contributed by atoms with E-state index in [2.05, 4.69) is 11.7 Å². The molecule has 0 saturated carbocycles. The summed E-state index contributed by atoms with van der Waals surface area (Å²) in [5, 5.41) is 0. The molecule has 0 spiro atoms. The second kappa shape index (κ2) is 10.5. The molecule has 1 amide bonds. The Bertz CT molecular complexity index is 860. The summed E-state index contributed by atoms with van der Waals surface area (Å²) in [6.07, 6.45) is -1.56. The highest BCUT2D eigenvalue weighted by atomic mass is 19.4. The zero-order valence-corrected chi connectivity index (χ0v) is 17.6. The van der Waals surface area contributed by atoms with Gasteiger partial charge in [0.15, 0.2) is 0 Å². The van der Waals surface area contributed by atoms with Gasteiger partial charge in [0.1, 0.15) is 5.75 Å². The van der Waals surface area contributed by atoms with E-state index in [0.29, 0.717) is 48.6 Å². The molecule has 0 aliphatic rings. The molecule has 166 valence electrons. The van der Waals surface area contributed by atoms with E-state index < -0.39 is 12.3 Å². The van der Waals surface area contributed by atoms with E-state index in [1.165, 1.54) is 18.2 Å². The van der Waals surface area contributed by atoms with Crippen LogP contribution in [0.3, 0.4) is 0 Å². The van der Waals surface area contributed by atoms with Gasteiger partial charge in [-0.3, -0.25) is 4.79 Å². The minimum Gasteiger partial charge on any atom is -0.406 e. The molecular formula is C22H29F3N2O3. The van der Waals surface area contributed by atoms with Gasteiger partial charge in [0.05, 0.1) is 5.56 Å². The lowest BCUT2D eigenvalue weighted by molar-refractivity contribution is -0.274. The van der Waals surface area contributed by atoms with Crippen LogP contribution in [0.4, 0.5) is 13.2 Å². The van der Waals surface area contributed by atoms with Crippen molar-refractivity contribution in [3.05, 3.63) is 41.2 Å². The van der Waals surface area contributed by atoms with E-state index in [9.17, 15) is 18.0 Å². The molecule has 2 N–H and O–H groups in total. The van der Waals surface area contributed by atoms with Crippen LogP contribution in [0.15, 0.2) is 24.3 Å². The lowest BCUT2D eigenvalue weighted by Crippen LogP contribution is -2.17. The van der Waals surface area contributed by atoms with Crippen molar-refractivity contribution in [2.24, 2.45) is 5.73 Å². The smallest absolute Gasteiger partial charge is 0.406 e. The molecule has 0 radical (unpaired) electrons. The lowest BCUT2D eigenvalue weighted by atomic mass is 9.97. The summed E-state index contributed by atoms with van der Waals surface area (Å²) in [7, 11) is 0. The number of carbonyl (C=O) groups excluding carboxylic acids is 1. The zero-order chi connectivity index (χ0) is 22.3. The molecule has 0 bridgehead atoms. The van der Waals surface area contributed by atoms with E-state index in [4.69, 9.17) is 10.5 Å². The first-order valence-corrected chi connectivity index (χ1v) is 10.1. The molecule has 8 heteroatoms. The Kier molecular flexibility index (Phi) is 8.34. The molecular weight excluding hydrogens is 397 g/mol. The van der Waals surface area contributed by atoms with Crippen LogP contribution in [0.5, 0.6) is 5.75 Å². The number of rotatable bonds is 11. The molecule has 1 heterocycles. The van der Waals surface area contributed by atoms with Gasteiger partial charge in [-0.05, 0) is 50.8 Å². The first-order chi connectivity index (χ1) is 14.2. The minimum atomic E-state index is -4.79. The molecule has 0 unspecified atom stereocenters. The van der Waals surface area contributed by atoms with Crippen LogP contribution in [0, 0.1) is 6.92 Å². The monoisotopic (exact) mass is 426 g/mol. The molecule has 1 aromatic heterocycles. The Morgan fingerprint density at radius 3 is 2.53 bits per heavy atom. The Balaban J connectivity index is 2.58. The van der Waals surface area contributed by atoms with Gasteiger partial charge in [0, 0.05) is 36.7 Å². The van der Waals surface area contributed by atoms with Gasteiger partial charge in [0.2, 0.25) is 0 Å². The van der Waals surface area contributed by atoms with Gasteiger partial charge < -0.3 is 19.8 Å². The summed E-state index contributed by atoms with van der Waals surface area (Å²) < 4.78 is 49.6. The number of unbranched alkanes of at least 4 members (excludes halogenated alkanes) is 1. The lowest BCUT2D eigenvalue weighted by Gasteiger charge is -2.14. The number of carbonyl (C=O) groups is 1. The summed E-state index contributed by atoms with van der Waals surface area (Å²) in [5.41, 5.74) is 8.69. The summed E-state index contributed by atoms with van der Waals surface area (Å²) in [6, 6.07) is 5.68. The van der Waals surface area contributed by atoms with Crippen LogP contribution < -0.4 is 10.5 Å². The van der Waals surface area contributed by atoms with Crippen molar-refractivity contribution in [2.45, 2.75) is 59.4 Å². The average molecular weight is 426 g/mol. The maximum atomic E-state index is 12.7. The SMILES string of the molecule is CCCCc1c(-c2cccc(OC(F)(F)F)c2)c(C(N)=O)c(C)n1CCCOCC. The average Bonchev–Trinajstić information content (AvgIpc) is 2.94. The fourth-order valence-corrected chi connectivity index (χ4v) is 3.63. The van der Waals surface area contributed by atoms with Gasteiger partial charge in [-0.1, -0.05) is 25.5 Å². The third-order valence-electron chi connectivity index (χ3n) is 4.88. The van der Waals surface area contributed by atoms with E-state index in [1.807, 2.05) is 18.4 Å². The summed E-state index contributed by atoms with van der Waals surface area (Å²) in [5.74, 6) is -0.940. The third kappa shape index (κ3) is 6.01. The van der Waals surface area contributed by atoms with Gasteiger partial charge in [-0.2, -0.15) is 0 Å². The maximum Gasteiger partial charge on any atom is 0.573 e. The molecule has 0 atom stereocenters. The number of benzene rings is 1. The maximum absolute atomic E-state index is 12.7. The number of nitrogens with two attached hydrogens (primary N) is 1. The number of hydrogen-bond acceptors (Lipinski definition) is 3. The Labute approximate surface area is 175 Å². The predicted molar refractivity (Wildman–Crippen MR) is 110 cm³/mol. The van der Waals surface area contributed by atoms with Gasteiger partial charge in [-0.25, -0.2) is 0 Å². The highest BCUT2D eigenvalue weighted by Crippen LogP contribution is 2.36. The van der Waals surface area contributed by atoms with Crippen LogP contribution in [0.2, 0.25) is 0 Å². The van der Waals surface area contributed by atoms with Crippen molar-refractivity contribution in [1.82, 2.24) is 4.57 Å². The highest BCUT2D eigenvalue weighted by Gasteiger charge is 2.31. The van der Waals surface area contributed by atoms with Crippen LogP contribution in [0.1, 0.15) is 54.9 Å². The number of aromatic nitrogens is 1. The van der Waals surface area contributed by atoms with Gasteiger partial charge in [-0.15, -0.1) is 13.2 Å². The largest absolute Gasteiger partial charge is 0.573 e. The van der Waals surface area contributed by atoms with Gasteiger partial charge >= 0.3 is 6.36 Å². The van der Waals surface area contributed by atoms with E-state index in [1.54, 1.807) is 6.07 Å². The standard InChI is InChI=1S/C22H29F3N2O3/c1-4-6-11-18-20(16-9-7-10-17(14-16)30-22(23,24)25)19(21(26)28)15(3)27(18)12-8-13-29-5-2/h7,9-10,14H,4-6,8,11-13H2,1-3H3,(H2,26,28). The van der Waals surface area contributed by atoms with Crippen molar-refractivity contribution >= 4 is 5.91 Å². The summed E-state index contributed by atoms with van der Waals surface area (Å²) in [4.78, 5) is 12.3. The molecule has 0 aliphatic carbocycles. The van der Waals surface area contributed by atoms with Crippen LogP contribution in [0.25, 0.3) is 11.1 Å². The van der Waals surface area contributed by atoms with E-state index in [0.717, 1.165) is 25.0 Å². The number of alkyl halides is 3. The molecule has 5 nitrogen and oxygen atoms in total. The summed E-state index contributed by atoms with van der Waals surface area (Å²) in [6.45, 7) is 7.63. The number of halogens is 3. The number of amides is 1. The zero-order valence-electron chi connectivity index (χ0n) is 17.6. The number of ether oxygens (including phenoxy) is 2. The van der Waals surface area contributed by atoms with Crippen molar-refractivity contribution in [3.63, 3.8) is 0 Å². The molecule has 2 aromatic rings. The predicted octanol–water partition coefficient (Wildman–Crippen LogP) is 5.23. The normalized spacial score (nSPS) is 11.7. The van der Waals surface area contributed by atoms with E-state index in [-0.39, 0.29) is 5.75 Å². The van der Waals surface area contributed by atoms with Crippen molar-refractivity contribution in [2.75, 3.05) is 13.2 Å². The number of primary amides is 1. The Morgan fingerprint density at radius 2 is 1.93 bits per heavy atom. The molecule has 0 saturated heterocycles. The topological polar surface area (TPSA) is 66.5 Å². The quantitative estimate of drug-likeness (QED) is 0.500. The van der Waals surface area contributed by atoms with Crippen molar-refractivity contribution < 1.29 is 27.4 Å². The molecule has 1 aromatic carbocycles. The first kappa shape index (κ1) is 23.8. The number of nitrogens with zero attached hydrogens (tertiary/aromatic N) is 1.